The van der Waals surface area contributed by atoms with E-state index in [0.29, 0.717) is 5.92 Å². The van der Waals surface area contributed by atoms with Crippen LogP contribution in [0.2, 0.25) is 0 Å². The number of nitrogens with one attached hydrogen (secondary N) is 1. The molecule has 4 nitrogen and oxygen atoms in total. The first-order chi connectivity index (χ1) is 7.15. The summed E-state index contributed by atoms with van der Waals surface area (Å²) in [5.74, 6) is -0.224. The van der Waals surface area contributed by atoms with Gasteiger partial charge in [0.15, 0.2) is 5.13 Å². The fraction of sp³-hybridized carbons (Fsp3) is 0.600. The molecule has 0 saturated heterocycles. The maximum absolute atomic E-state index is 10.7. The molecule has 0 aliphatic heterocycles. The highest BCUT2D eigenvalue weighted by atomic mass is 32.1. The Morgan fingerprint density at radius 2 is 2.53 bits per heavy atom. The molecule has 5 heteroatoms. The van der Waals surface area contributed by atoms with Gasteiger partial charge in [-0.1, -0.05) is 0 Å². The van der Waals surface area contributed by atoms with Gasteiger partial charge in [-0.3, -0.25) is 4.79 Å². The summed E-state index contributed by atoms with van der Waals surface area (Å²) in [5.41, 5.74) is 0.979. The summed E-state index contributed by atoms with van der Waals surface area (Å²) in [4.78, 5) is 15.0. The van der Waals surface area contributed by atoms with Crippen molar-refractivity contribution < 1.29 is 9.90 Å². The Bertz CT molecular complexity index is 360. The van der Waals surface area contributed by atoms with E-state index >= 15 is 0 Å². The smallest absolute Gasteiger partial charge is 0.305 e. The Balaban J connectivity index is 1.96. The van der Waals surface area contributed by atoms with Crippen LogP contribution in [0.15, 0.2) is 5.38 Å². The number of aryl methyl sites for hydroxylation is 1. The molecule has 1 aliphatic carbocycles. The van der Waals surface area contributed by atoms with Crippen molar-refractivity contribution in [2.75, 3.05) is 5.32 Å². The van der Waals surface area contributed by atoms with Crippen LogP contribution in [-0.2, 0) is 4.79 Å². The molecule has 15 heavy (non-hydrogen) atoms. The molecule has 1 heterocycles. The number of carboxylic acids is 1. The van der Waals surface area contributed by atoms with Gasteiger partial charge in [-0.25, -0.2) is 4.98 Å². The molecule has 0 spiro atoms. The summed E-state index contributed by atoms with van der Waals surface area (Å²) in [5, 5.41) is 14.8. The molecule has 82 valence electrons. The lowest BCUT2D eigenvalue weighted by atomic mass is 10.1. The second-order valence-corrected chi connectivity index (χ2v) is 4.84. The molecule has 2 rings (SSSR count). The first-order valence-electron chi connectivity index (χ1n) is 5.05. The zero-order chi connectivity index (χ0) is 10.8. The molecule has 1 aromatic heterocycles. The molecule has 1 saturated carbocycles. The van der Waals surface area contributed by atoms with Crippen molar-refractivity contribution in [3.8, 4) is 0 Å². The molecule has 1 aliphatic rings. The monoisotopic (exact) mass is 226 g/mol. The van der Waals surface area contributed by atoms with E-state index in [0.717, 1.165) is 23.7 Å². The van der Waals surface area contributed by atoms with Gasteiger partial charge in [0, 0.05) is 11.4 Å². The Hall–Kier alpha value is -1.10. The van der Waals surface area contributed by atoms with Gasteiger partial charge >= 0.3 is 5.97 Å². The van der Waals surface area contributed by atoms with Gasteiger partial charge in [0.1, 0.15) is 0 Å². The molecule has 1 atom stereocenters. The van der Waals surface area contributed by atoms with Crippen LogP contribution in [0.3, 0.4) is 0 Å². The van der Waals surface area contributed by atoms with E-state index in [1.807, 2.05) is 12.3 Å². The maximum Gasteiger partial charge on any atom is 0.305 e. The number of carbonyl (C=O) groups is 1. The van der Waals surface area contributed by atoms with Crippen LogP contribution in [0, 0.1) is 12.8 Å². The number of rotatable bonds is 5. The summed E-state index contributed by atoms with van der Waals surface area (Å²) in [7, 11) is 0. The molecular formula is C10H14N2O2S. The van der Waals surface area contributed by atoms with Crippen LogP contribution in [0.1, 0.15) is 25.0 Å². The van der Waals surface area contributed by atoms with Gasteiger partial charge in [0.05, 0.1) is 12.1 Å². The van der Waals surface area contributed by atoms with E-state index in [-0.39, 0.29) is 12.5 Å². The van der Waals surface area contributed by atoms with E-state index in [2.05, 4.69) is 10.3 Å². The average Bonchev–Trinajstić information content (AvgIpc) is 2.90. The highest BCUT2D eigenvalue weighted by molar-refractivity contribution is 7.13. The number of hydrogen-bond acceptors (Lipinski definition) is 4. The quantitative estimate of drug-likeness (QED) is 0.807. The zero-order valence-corrected chi connectivity index (χ0v) is 9.38. The SMILES string of the molecule is Cc1csc(NC(CC(=O)O)C2CC2)n1. The molecule has 0 amide bonds. The summed E-state index contributed by atoms with van der Waals surface area (Å²) >= 11 is 1.53. The number of anilines is 1. The summed E-state index contributed by atoms with van der Waals surface area (Å²) < 4.78 is 0. The zero-order valence-electron chi connectivity index (χ0n) is 8.56. The molecule has 0 bridgehead atoms. The fourth-order valence-electron chi connectivity index (χ4n) is 1.60. The largest absolute Gasteiger partial charge is 0.481 e. The Morgan fingerprint density at radius 3 is 3.00 bits per heavy atom. The van der Waals surface area contributed by atoms with Crippen molar-refractivity contribution in [1.82, 2.24) is 4.98 Å². The molecule has 0 radical (unpaired) electrons. The average molecular weight is 226 g/mol. The van der Waals surface area contributed by atoms with Crippen LogP contribution >= 0.6 is 11.3 Å². The first-order valence-corrected chi connectivity index (χ1v) is 5.93. The number of aliphatic carboxylic acids is 1. The second kappa shape index (κ2) is 4.18. The van der Waals surface area contributed by atoms with Crippen molar-refractivity contribution >= 4 is 22.4 Å². The normalized spacial score (nSPS) is 17.4. The van der Waals surface area contributed by atoms with Gasteiger partial charge in [0.25, 0.3) is 0 Å². The Kier molecular flexibility index (Phi) is 2.90. The lowest BCUT2D eigenvalue weighted by molar-refractivity contribution is -0.137. The van der Waals surface area contributed by atoms with Gasteiger partial charge in [-0.15, -0.1) is 11.3 Å². The first kappa shape index (κ1) is 10.4. The van der Waals surface area contributed by atoms with Gasteiger partial charge in [-0.2, -0.15) is 0 Å². The highest BCUT2D eigenvalue weighted by Crippen LogP contribution is 2.36. The summed E-state index contributed by atoms with van der Waals surface area (Å²) in [6.45, 7) is 1.94. The van der Waals surface area contributed by atoms with E-state index < -0.39 is 5.97 Å². The van der Waals surface area contributed by atoms with Gasteiger partial charge < -0.3 is 10.4 Å². The highest BCUT2D eigenvalue weighted by Gasteiger charge is 2.33. The Morgan fingerprint density at radius 1 is 1.80 bits per heavy atom. The Labute approximate surface area is 92.3 Å². The molecular weight excluding hydrogens is 212 g/mol. The van der Waals surface area contributed by atoms with Gasteiger partial charge in [0.2, 0.25) is 0 Å². The van der Waals surface area contributed by atoms with Crippen molar-refractivity contribution in [2.45, 2.75) is 32.2 Å². The minimum absolute atomic E-state index is 0.0491. The molecule has 0 aromatic carbocycles. The minimum atomic E-state index is -0.743. The van der Waals surface area contributed by atoms with Crippen LogP contribution in [0.4, 0.5) is 5.13 Å². The fourth-order valence-corrected chi connectivity index (χ4v) is 2.35. The van der Waals surface area contributed by atoms with Crippen molar-refractivity contribution in [2.24, 2.45) is 5.92 Å². The van der Waals surface area contributed by atoms with E-state index in [1.54, 1.807) is 0 Å². The van der Waals surface area contributed by atoms with E-state index in [1.165, 1.54) is 11.3 Å². The predicted octanol–water partition coefficient (Wildman–Crippen LogP) is 2.12. The molecule has 1 aromatic rings. The van der Waals surface area contributed by atoms with Crippen molar-refractivity contribution in [3.63, 3.8) is 0 Å². The number of thiazole rings is 1. The summed E-state index contributed by atoms with van der Waals surface area (Å²) in [6.07, 6.45) is 2.45. The standard InChI is InChI=1S/C10H14N2O2S/c1-6-5-15-10(11-6)12-8(4-9(13)14)7-2-3-7/h5,7-8H,2-4H2,1H3,(H,11,12)(H,13,14). The number of nitrogens with zero attached hydrogens (tertiary/aromatic N) is 1. The van der Waals surface area contributed by atoms with Crippen LogP contribution in [-0.4, -0.2) is 22.1 Å². The number of hydrogen-bond donors (Lipinski definition) is 2. The summed E-state index contributed by atoms with van der Waals surface area (Å²) in [6, 6.07) is 0.0491. The molecule has 1 fully saturated rings. The lowest BCUT2D eigenvalue weighted by Gasteiger charge is -2.14. The van der Waals surface area contributed by atoms with E-state index in [9.17, 15) is 4.79 Å². The second-order valence-electron chi connectivity index (χ2n) is 3.98. The third kappa shape index (κ3) is 2.92. The molecule has 2 N–H and O–H groups in total. The number of carboxylic acid groups (broad SMARTS) is 1. The van der Waals surface area contributed by atoms with Crippen LogP contribution in [0.5, 0.6) is 0 Å². The topological polar surface area (TPSA) is 62.2 Å². The van der Waals surface area contributed by atoms with E-state index in [4.69, 9.17) is 5.11 Å². The van der Waals surface area contributed by atoms with Crippen molar-refractivity contribution in [1.29, 1.82) is 0 Å². The van der Waals surface area contributed by atoms with Gasteiger partial charge in [-0.05, 0) is 25.7 Å². The van der Waals surface area contributed by atoms with Crippen LogP contribution < -0.4 is 5.32 Å². The number of aromatic nitrogens is 1. The lowest BCUT2D eigenvalue weighted by Crippen LogP contribution is -2.25. The predicted molar refractivity (Wildman–Crippen MR) is 59.2 cm³/mol. The third-order valence-electron chi connectivity index (χ3n) is 2.51. The van der Waals surface area contributed by atoms with Crippen molar-refractivity contribution in [3.05, 3.63) is 11.1 Å². The maximum atomic E-state index is 10.7. The molecule has 1 unspecified atom stereocenters. The van der Waals surface area contributed by atoms with Crippen LogP contribution in [0.25, 0.3) is 0 Å². The third-order valence-corrected chi connectivity index (χ3v) is 3.40. The minimum Gasteiger partial charge on any atom is -0.481 e.